The minimum Gasteiger partial charge on any atom is -0.452 e. The van der Waals surface area contributed by atoms with Gasteiger partial charge in [-0.2, -0.15) is 0 Å². The van der Waals surface area contributed by atoms with E-state index in [2.05, 4.69) is 10.5 Å². The van der Waals surface area contributed by atoms with E-state index in [0.717, 1.165) is 17.0 Å². The second kappa shape index (κ2) is 8.84. The fraction of sp³-hybridized carbons (Fsp3) is 0.389. The molecule has 1 amide bonds. The molecule has 0 aliphatic rings. The van der Waals surface area contributed by atoms with Gasteiger partial charge in [0.15, 0.2) is 6.10 Å². The summed E-state index contributed by atoms with van der Waals surface area (Å²) in [4.78, 5) is 23.9. The topological polar surface area (TPSA) is 81.4 Å². The van der Waals surface area contributed by atoms with E-state index in [0.29, 0.717) is 17.0 Å². The second-order valence-electron chi connectivity index (χ2n) is 5.88. The summed E-state index contributed by atoms with van der Waals surface area (Å²) in [5.74, 6) is -0.0400. The Labute approximate surface area is 155 Å². The molecule has 0 bridgehead atoms. The molecule has 6 nitrogen and oxygen atoms in total. The smallest absolute Gasteiger partial charge is 0.316 e. The third-order valence-corrected chi connectivity index (χ3v) is 4.70. The van der Waals surface area contributed by atoms with Crippen LogP contribution >= 0.6 is 11.8 Å². The molecule has 0 radical (unpaired) electrons. The Kier molecular flexibility index (Phi) is 6.79. The summed E-state index contributed by atoms with van der Waals surface area (Å²) >= 11 is 1.35. The number of halogens is 1. The number of hydrogen-bond donors (Lipinski definition) is 1. The molecule has 140 valence electrons. The zero-order chi connectivity index (χ0) is 19.3. The Morgan fingerprint density at radius 2 is 2.08 bits per heavy atom. The minimum absolute atomic E-state index is 0.0981. The molecule has 0 saturated heterocycles. The molecular formula is C18H21FN2O4S. The number of anilines is 1. The highest BCUT2D eigenvalue weighted by Crippen LogP contribution is 2.20. The summed E-state index contributed by atoms with van der Waals surface area (Å²) in [6.45, 7) is 6.75. The van der Waals surface area contributed by atoms with Gasteiger partial charge in [0.25, 0.3) is 5.91 Å². The molecule has 2 aromatic rings. The number of aryl methyl sites for hydroxylation is 3. The Bertz CT molecular complexity index is 787. The van der Waals surface area contributed by atoms with Gasteiger partial charge < -0.3 is 14.6 Å². The molecule has 1 atom stereocenters. The van der Waals surface area contributed by atoms with Gasteiger partial charge in [-0.1, -0.05) is 11.2 Å². The van der Waals surface area contributed by atoms with Crippen molar-refractivity contribution in [3.05, 3.63) is 46.6 Å². The standard InChI is InChI=1S/C18H21FN2O4S/c1-10-5-6-14(7-16(10)19)20-18(23)13(4)24-17(22)9-26-8-15-11(2)21-25-12(15)3/h5-7,13H,8-9H2,1-4H3,(H,20,23). The first-order valence-electron chi connectivity index (χ1n) is 8.04. The van der Waals surface area contributed by atoms with Gasteiger partial charge in [-0.3, -0.25) is 9.59 Å². The largest absolute Gasteiger partial charge is 0.452 e. The van der Waals surface area contributed by atoms with Crippen molar-refractivity contribution in [2.45, 2.75) is 39.6 Å². The van der Waals surface area contributed by atoms with E-state index in [4.69, 9.17) is 9.26 Å². The van der Waals surface area contributed by atoms with Gasteiger partial charge in [-0.15, -0.1) is 11.8 Å². The quantitative estimate of drug-likeness (QED) is 0.740. The summed E-state index contributed by atoms with van der Waals surface area (Å²) < 4.78 is 23.7. The lowest BCUT2D eigenvalue weighted by Crippen LogP contribution is -2.30. The van der Waals surface area contributed by atoms with Crippen LogP contribution in [-0.2, 0) is 20.1 Å². The number of nitrogens with zero attached hydrogens (tertiary/aromatic N) is 1. The third-order valence-electron chi connectivity index (χ3n) is 3.76. The van der Waals surface area contributed by atoms with Crippen molar-refractivity contribution < 1.29 is 23.2 Å². The van der Waals surface area contributed by atoms with Crippen molar-refractivity contribution in [3.8, 4) is 0 Å². The number of carbonyl (C=O) groups excluding carboxylic acids is 2. The van der Waals surface area contributed by atoms with Crippen LogP contribution in [0.25, 0.3) is 0 Å². The van der Waals surface area contributed by atoms with Crippen LogP contribution in [0.5, 0.6) is 0 Å². The third kappa shape index (κ3) is 5.32. The van der Waals surface area contributed by atoms with Gasteiger partial charge in [-0.05, 0) is 45.4 Å². The molecule has 0 spiro atoms. The van der Waals surface area contributed by atoms with Crippen LogP contribution in [0, 0.1) is 26.6 Å². The number of nitrogens with one attached hydrogen (secondary N) is 1. The van der Waals surface area contributed by atoms with Crippen molar-refractivity contribution in [2.24, 2.45) is 0 Å². The number of amides is 1. The normalized spacial score (nSPS) is 11.9. The number of aromatic nitrogens is 1. The maximum Gasteiger partial charge on any atom is 0.316 e. The molecule has 1 N–H and O–H groups in total. The predicted octanol–water partition coefficient (Wildman–Crippen LogP) is 3.54. The van der Waals surface area contributed by atoms with Crippen molar-refractivity contribution in [1.29, 1.82) is 0 Å². The Hall–Kier alpha value is -2.35. The van der Waals surface area contributed by atoms with Crippen molar-refractivity contribution in [3.63, 3.8) is 0 Å². The maximum absolute atomic E-state index is 13.5. The summed E-state index contributed by atoms with van der Waals surface area (Å²) in [5, 5.41) is 6.38. The highest BCUT2D eigenvalue weighted by Gasteiger charge is 2.19. The van der Waals surface area contributed by atoms with Gasteiger partial charge in [0.2, 0.25) is 0 Å². The summed E-state index contributed by atoms with van der Waals surface area (Å²) in [6, 6.07) is 4.37. The monoisotopic (exact) mass is 380 g/mol. The molecule has 2 rings (SSSR count). The summed E-state index contributed by atoms with van der Waals surface area (Å²) in [5.41, 5.74) is 2.54. The SMILES string of the molecule is Cc1ccc(NC(=O)C(C)OC(=O)CSCc2c(C)noc2C)cc1F. The molecule has 1 aromatic heterocycles. The fourth-order valence-corrected chi connectivity index (χ4v) is 3.10. The number of rotatable bonds is 7. The molecule has 1 aromatic carbocycles. The summed E-state index contributed by atoms with van der Waals surface area (Å²) in [6.07, 6.45) is -0.980. The second-order valence-corrected chi connectivity index (χ2v) is 6.87. The molecule has 0 aliphatic heterocycles. The van der Waals surface area contributed by atoms with Gasteiger partial charge in [0, 0.05) is 17.0 Å². The molecular weight excluding hydrogens is 359 g/mol. The van der Waals surface area contributed by atoms with E-state index >= 15 is 0 Å². The zero-order valence-corrected chi connectivity index (χ0v) is 15.9. The van der Waals surface area contributed by atoms with Crippen LogP contribution in [0.3, 0.4) is 0 Å². The average Bonchev–Trinajstić information content (AvgIpc) is 2.90. The number of thioether (sulfide) groups is 1. The number of benzene rings is 1. The maximum atomic E-state index is 13.5. The molecule has 0 fully saturated rings. The van der Waals surface area contributed by atoms with Crippen LogP contribution in [0.4, 0.5) is 10.1 Å². The van der Waals surface area contributed by atoms with E-state index in [9.17, 15) is 14.0 Å². The molecule has 1 unspecified atom stereocenters. The first kappa shape index (κ1) is 20.0. The van der Waals surface area contributed by atoms with Gasteiger partial charge >= 0.3 is 5.97 Å². The van der Waals surface area contributed by atoms with Crippen molar-refractivity contribution in [2.75, 3.05) is 11.1 Å². The van der Waals surface area contributed by atoms with Crippen molar-refractivity contribution >= 4 is 29.3 Å². The van der Waals surface area contributed by atoms with Crippen LogP contribution in [0.15, 0.2) is 22.7 Å². The lowest BCUT2D eigenvalue weighted by molar-refractivity contribution is -0.150. The fourth-order valence-electron chi connectivity index (χ4n) is 2.14. The van der Waals surface area contributed by atoms with Gasteiger partial charge in [0.05, 0.1) is 11.4 Å². The lowest BCUT2D eigenvalue weighted by Gasteiger charge is -2.13. The predicted molar refractivity (Wildman–Crippen MR) is 97.5 cm³/mol. The van der Waals surface area contributed by atoms with E-state index in [-0.39, 0.29) is 5.75 Å². The van der Waals surface area contributed by atoms with E-state index in [1.807, 2.05) is 13.8 Å². The number of ether oxygens (including phenoxy) is 1. The molecule has 26 heavy (non-hydrogen) atoms. The zero-order valence-electron chi connectivity index (χ0n) is 15.1. The van der Waals surface area contributed by atoms with E-state index in [1.165, 1.54) is 24.8 Å². The Morgan fingerprint density at radius 1 is 1.35 bits per heavy atom. The Morgan fingerprint density at radius 3 is 2.69 bits per heavy atom. The van der Waals surface area contributed by atoms with Crippen LogP contribution in [0.2, 0.25) is 0 Å². The first-order chi connectivity index (χ1) is 12.3. The number of esters is 1. The molecule has 0 saturated carbocycles. The van der Waals surface area contributed by atoms with Gasteiger partial charge in [-0.25, -0.2) is 4.39 Å². The highest BCUT2D eigenvalue weighted by molar-refractivity contribution is 7.99. The molecule has 8 heteroatoms. The van der Waals surface area contributed by atoms with Crippen LogP contribution < -0.4 is 5.32 Å². The molecule has 1 heterocycles. The van der Waals surface area contributed by atoms with E-state index in [1.54, 1.807) is 19.1 Å². The van der Waals surface area contributed by atoms with Crippen LogP contribution in [0.1, 0.15) is 29.5 Å². The first-order valence-corrected chi connectivity index (χ1v) is 9.19. The summed E-state index contributed by atoms with van der Waals surface area (Å²) in [7, 11) is 0. The number of carbonyl (C=O) groups is 2. The minimum atomic E-state index is -0.980. The number of hydrogen-bond acceptors (Lipinski definition) is 6. The lowest BCUT2D eigenvalue weighted by atomic mass is 10.2. The molecule has 0 aliphatic carbocycles. The Balaban J connectivity index is 1.78. The van der Waals surface area contributed by atoms with Gasteiger partial charge in [0.1, 0.15) is 11.6 Å². The van der Waals surface area contributed by atoms with E-state index < -0.39 is 23.8 Å². The van der Waals surface area contributed by atoms with Crippen LogP contribution in [-0.4, -0.2) is 28.9 Å². The highest BCUT2D eigenvalue weighted by atomic mass is 32.2. The van der Waals surface area contributed by atoms with Crippen molar-refractivity contribution in [1.82, 2.24) is 5.16 Å². The average molecular weight is 380 g/mol.